The van der Waals surface area contributed by atoms with Crippen molar-refractivity contribution in [3.63, 3.8) is 0 Å². The summed E-state index contributed by atoms with van der Waals surface area (Å²) in [6.45, 7) is 1.81. The van der Waals surface area contributed by atoms with Gasteiger partial charge < -0.3 is 4.90 Å². The van der Waals surface area contributed by atoms with Crippen LogP contribution in [0.5, 0.6) is 0 Å². The van der Waals surface area contributed by atoms with Gasteiger partial charge in [0.2, 0.25) is 0 Å². The Balaban J connectivity index is 2.31. The second-order valence-electron chi connectivity index (χ2n) is 1.27. The zero-order chi connectivity index (χ0) is 4.57. The van der Waals surface area contributed by atoms with E-state index in [0.29, 0.717) is 0 Å². The van der Waals surface area contributed by atoms with Gasteiger partial charge in [-0.25, -0.2) is 0 Å². The van der Waals surface area contributed by atoms with Crippen molar-refractivity contribution in [1.82, 2.24) is 4.90 Å². The van der Waals surface area contributed by atoms with Gasteiger partial charge in [-0.3, -0.25) is 4.79 Å². The minimum Gasteiger partial charge on any atom is -0.330 e. The maximum atomic E-state index is 10.00. The van der Waals surface area contributed by atoms with E-state index in [1.807, 2.05) is 0 Å². The van der Waals surface area contributed by atoms with Gasteiger partial charge in [-0.2, -0.15) is 0 Å². The third kappa shape index (κ3) is 0.653. The van der Waals surface area contributed by atoms with Crippen LogP contribution in [0.25, 0.3) is 0 Å². The van der Waals surface area contributed by atoms with Gasteiger partial charge in [0, 0.05) is 13.1 Å². The molecule has 1 rings (SSSR count). The molecule has 1 amide bonds. The molecule has 0 radical (unpaired) electrons. The van der Waals surface area contributed by atoms with Gasteiger partial charge in [0.1, 0.15) is 0 Å². The molecule has 0 aliphatic carbocycles. The van der Waals surface area contributed by atoms with Gasteiger partial charge in [-0.05, 0) is 0 Å². The quantitative estimate of drug-likeness (QED) is 0.346. The zero-order valence-corrected chi connectivity index (χ0v) is 4.11. The van der Waals surface area contributed by atoms with E-state index in [1.165, 1.54) is 0 Å². The number of hydrogen-bond donors (Lipinski definition) is 1. The van der Waals surface area contributed by atoms with Crippen LogP contribution in [0, 0.1) is 0 Å². The Morgan fingerprint density at radius 3 is 2.17 bits per heavy atom. The first-order valence-corrected chi connectivity index (χ1v) is 2.23. The Labute approximate surface area is 41.5 Å². The van der Waals surface area contributed by atoms with Gasteiger partial charge in [0.05, 0.1) is 0 Å². The SMILES string of the molecule is O=C(S)N1CC1. The summed E-state index contributed by atoms with van der Waals surface area (Å²) >= 11 is 3.54. The van der Waals surface area contributed by atoms with Crippen molar-refractivity contribution in [2.45, 2.75) is 0 Å². The highest BCUT2D eigenvalue weighted by Gasteiger charge is 2.19. The zero-order valence-electron chi connectivity index (χ0n) is 3.22. The number of carbonyl (C=O) groups is 1. The summed E-state index contributed by atoms with van der Waals surface area (Å²) in [6.07, 6.45) is 0. The van der Waals surface area contributed by atoms with E-state index in [0.717, 1.165) is 13.1 Å². The number of amides is 1. The van der Waals surface area contributed by atoms with E-state index in [4.69, 9.17) is 0 Å². The van der Waals surface area contributed by atoms with Crippen molar-refractivity contribution in [2.24, 2.45) is 0 Å². The smallest absolute Gasteiger partial charge is 0.278 e. The summed E-state index contributed by atoms with van der Waals surface area (Å²) < 4.78 is 0. The summed E-state index contributed by atoms with van der Waals surface area (Å²) in [5.41, 5.74) is 0. The maximum Gasteiger partial charge on any atom is 0.278 e. The number of hydrogen-bond acceptors (Lipinski definition) is 1. The van der Waals surface area contributed by atoms with Crippen LogP contribution in [-0.4, -0.2) is 23.2 Å². The Morgan fingerprint density at radius 2 is 2.17 bits per heavy atom. The fourth-order valence-electron chi connectivity index (χ4n) is 0.241. The molecule has 0 aromatic rings. The average Bonchev–Trinajstić information content (AvgIpc) is 2.06. The highest BCUT2D eigenvalue weighted by Crippen LogP contribution is 2.05. The minimum absolute atomic E-state index is 0.102. The van der Waals surface area contributed by atoms with Crippen LogP contribution in [0.1, 0.15) is 0 Å². The molecular weight excluding hydrogens is 98.1 g/mol. The predicted octanol–water partition coefficient (Wildman–Crippen LogP) is 0.352. The third-order valence-corrected chi connectivity index (χ3v) is 1.00. The fourth-order valence-corrected chi connectivity index (χ4v) is 0.441. The van der Waals surface area contributed by atoms with Crippen LogP contribution in [0.4, 0.5) is 4.79 Å². The maximum absolute atomic E-state index is 10.00. The van der Waals surface area contributed by atoms with Crippen LogP contribution in [0.2, 0.25) is 0 Å². The molecule has 6 heavy (non-hydrogen) atoms. The van der Waals surface area contributed by atoms with Crippen molar-refractivity contribution in [2.75, 3.05) is 13.1 Å². The second kappa shape index (κ2) is 1.15. The lowest BCUT2D eigenvalue weighted by molar-refractivity contribution is 0.252. The van der Waals surface area contributed by atoms with E-state index < -0.39 is 0 Å². The van der Waals surface area contributed by atoms with E-state index in [9.17, 15) is 4.79 Å². The summed E-state index contributed by atoms with van der Waals surface area (Å²) in [5, 5.41) is -0.102. The summed E-state index contributed by atoms with van der Waals surface area (Å²) in [4.78, 5) is 11.6. The molecular formula is C3H5NOS. The number of thiol groups is 1. The minimum atomic E-state index is -0.102. The monoisotopic (exact) mass is 103 g/mol. The molecule has 0 spiro atoms. The van der Waals surface area contributed by atoms with Crippen molar-refractivity contribution >= 4 is 17.9 Å². The Morgan fingerprint density at radius 1 is 1.67 bits per heavy atom. The highest BCUT2D eigenvalue weighted by molar-refractivity contribution is 7.96. The second-order valence-corrected chi connectivity index (χ2v) is 1.65. The first-order chi connectivity index (χ1) is 2.80. The van der Waals surface area contributed by atoms with Gasteiger partial charge in [0.25, 0.3) is 5.24 Å². The molecule has 0 saturated carbocycles. The molecule has 3 heteroatoms. The standard InChI is InChI=1S/C3H5NOS/c5-3(6)4-1-2-4/h1-2H2,(H,5,6). The van der Waals surface area contributed by atoms with Crippen molar-refractivity contribution in [1.29, 1.82) is 0 Å². The summed E-state index contributed by atoms with van der Waals surface area (Å²) in [5.74, 6) is 0. The summed E-state index contributed by atoms with van der Waals surface area (Å²) in [7, 11) is 0. The van der Waals surface area contributed by atoms with E-state index in [2.05, 4.69) is 12.6 Å². The number of nitrogens with zero attached hydrogens (tertiary/aromatic N) is 1. The molecule has 0 aromatic heterocycles. The molecule has 1 fully saturated rings. The van der Waals surface area contributed by atoms with Crippen LogP contribution in [0.3, 0.4) is 0 Å². The van der Waals surface area contributed by atoms with E-state index in [-0.39, 0.29) is 5.24 Å². The molecule has 1 aliphatic rings. The first kappa shape index (κ1) is 3.99. The molecule has 0 N–H and O–H groups in total. The van der Waals surface area contributed by atoms with E-state index >= 15 is 0 Å². The topological polar surface area (TPSA) is 20.1 Å². The van der Waals surface area contributed by atoms with Crippen LogP contribution >= 0.6 is 12.6 Å². The molecule has 2 nitrogen and oxygen atoms in total. The van der Waals surface area contributed by atoms with Gasteiger partial charge in [-0.1, -0.05) is 12.6 Å². The fraction of sp³-hybridized carbons (Fsp3) is 0.667. The molecule has 1 saturated heterocycles. The Bertz CT molecular complexity index is 78.9. The first-order valence-electron chi connectivity index (χ1n) is 1.78. The van der Waals surface area contributed by atoms with Crippen molar-refractivity contribution in [3.8, 4) is 0 Å². The lowest BCUT2D eigenvalue weighted by atomic mass is 11.0. The lowest BCUT2D eigenvalue weighted by Crippen LogP contribution is -1.96. The molecule has 0 bridgehead atoms. The molecule has 0 atom stereocenters. The number of carbonyl (C=O) groups excluding carboxylic acids is 1. The lowest BCUT2D eigenvalue weighted by Gasteiger charge is -1.84. The van der Waals surface area contributed by atoms with Crippen molar-refractivity contribution in [3.05, 3.63) is 0 Å². The van der Waals surface area contributed by atoms with Crippen LogP contribution in [-0.2, 0) is 0 Å². The van der Waals surface area contributed by atoms with Gasteiger partial charge in [-0.15, -0.1) is 0 Å². The molecule has 0 unspecified atom stereocenters. The average molecular weight is 103 g/mol. The van der Waals surface area contributed by atoms with Crippen molar-refractivity contribution < 1.29 is 4.79 Å². The largest absolute Gasteiger partial charge is 0.330 e. The Kier molecular flexibility index (Phi) is 0.765. The molecule has 1 aliphatic heterocycles. The van der Waals surface area contributed by atoms with Gasteiger partial charge >= 0.3 is 0 Å². The predicted molar refractivity (Wildman–Crippen MR) is 26.0 cm³/mol. The summed E-state index contributed by atoms with van der Waals surface area (Å²) in [6, 6.07) is 0. The molecule has 1 heterocycles. The van der Waals surface area contributed by atoms with Gasteiger partial charge in [0.15, 0.2) is 0 Å². The Hall–Kier alpha value is -0.180. The number of rotatable bonds is 0. The highest BCUT2D eigenvalue weighted by atomic mass is 32.1. The molecule has 0 aromatic carbocycles. The van der Waals surface area contributed by atoms with Crippen LogP contribution in [0.15, 0.2) is 0 Å². The normalized spacial score (nSPS) is 17.8. The van der Waals surface area contributed by atoms with Crippen LogP contribution < -0.4 is 0 Å². The molecule has 34 valence electrons. The van der Waals surface area contributed by atoms with E-state index in [1.54, 1.807) is 4.90 Å². The third-order valence-electron chi connectivity index (χ3n) is 0.718.